The monoisotopic (exact) mass is 430 g/mol. The number of benzene rings is 1. The van der Waals surface area contributed by atoms with Crippen LogP contribution in [-0.4, -0.2) is 56.7 Å². The Bertz CT molecular complexity index is 1120. The number of aliphatic hydroxyl groups is 1. The highest BCUT2D eigenvalue weighted by molar-refractivity contribution is 5.88. The molecule has 10 nitrogen and oxygen atoms in total. The van der Waals surface area contributed by atoms with Gasteiger partial charge in [0.25, 0.3) is 0 Å². The van der Waals surface area contributed by atoms with E-state index in [-0.39, 0.29) is 24.9 Å². The quantitative estimate of drug-likeness (QED) is 0.445. The van der Waals surface area contributed by atoms with E-state index in [1.807, 2.05) is 18.0 Å². The van der Waals surface area contributed by atoms with E-state index >= 15 is 0 Å². The van der Waals surface area contributed by atoms with Gasteiger partial charge in [-0.05, 0) is 31.5 Å². The number of anilines is 2. The Hall–Kier alpha value is -3.44. The molecule has 1 amide bonds. The SMILES string of the molecule is CC(c1cc(F)ccc1OCC(N)CO)N1CCc2cn3ncc(NC(=O)O)c3nc21. The molecule has 2 aromatic heterocycles. The maximum Gasteiger partial charge on any atom is 0.409 e. The molecule has 0 saturated heterocycles. The largest absolute Gasteiger partial charge is 0.492 e. The zero-order valence-electron chi connectivity index (χ0n) is 16.8. The first-order valence-corrected chi connectivity index (χ1v) is 9.80. The summed E-state index contributed by atoms with van der Waals surface area (Å²) in [5.74, 6) is 0.758. The highest BCUT2D eigenvalue weighted by atomic mass is 19.1. The fourth-order valence-corrected chi connectivity index (χ4v) is 3.69. The molecular weight excluding hydrogens is 407 g/mol. The maximum absolute atomic E-state index is 14.1. The number of carboxylic acid groups (broad SMARTS) is 1. The van der Waals surface area contributed by atoms with E-state index in [0.717, 1.165) is 5.56 Å². The topological polar surface area (TPSA) is 138 Å². The summed E-state index contributed by atoms with van der Waals surface area (Å²) in [7, 11) is 0. The van der Waals surface area contributed by atoms with Crippen molar-refractivity contribution in [1.82, 2.24) is 14.6 Å². The second kappa shape index (κ2) is 8.36. The lowest BCUT2D eigenvalue weighted by molar-refractivity contribution is 0.205. The van der Waals surface area contributed by atoms with Crippen LogP contribution in [0.4, 0.5) is 20.7 Å². The molecule has 0 radical (unpaired) electrons. The van der Waals surface area contributed by atoms with E-state index in [1.54, 1.807) is 6.07 Å². The number of halogens is 1. The van der Waals surface area contributed by atoms with Crippen molar-refractivity contribution in [2.75, 3.05) is 30.0 Å². The normalized spacial score (nSPS) is 15.0. The van der Waals surface area contributed by atoms with Crippen LogP contribution in [0.2, 0.25) is 0 Å². The Morgan fingerprint density at radius 3 is 3.00 bits per heavy atom. The molecule has 0 bridgehead atoms. The number of nitrogens with zero attached hydrogens (tertiary/aromatic N) is 4. The van der Waals surface area contributed by atoms with Gasteiger partial charge in [0.1, 0.15) is 29.7 Å². The first-order valence-electron chi connectivity index (χ1n) is 9.80. The Balaban J connectivity index is 1.68. The second-order valence-corrected chi connectivity index (χ2v) is 7.40. The van der Waals surface area contributed by atoms with Crippen molar-refractivity contribution in [3.05, 3.63) is 47.5 Å². The molecule has 164 valence electrons. The smallest absolute Gasteiger partial charge is 0.409 e. The molecule has 2 atom stereocenters. The molecule has 0 saturated carbocycles. The highest BCUT2D eigenvalue weighted by Crippen LogP contribution is 2.38. The van der Waals surface area contributed by atoms with Gasteiger partial charge in [0.2, 0.25) is 0 Å². The van der Waals surface area contributed by atoms with Crippen LogP contribution in [0.1, 0.15) is 24.1 Å². The minimum absolute atomic E-state index is 0.0946. The van der Waals surface area contributed by atoms with Gasteiger partial charge in [0.15, 0.2) is 5.65 Å². The Labute approximate surface area is 177 Å². The molecule has 3 heterocycles. The lowest BCUT2D eigenvalue weighted by Gasteiger charge is -2.28. The number of amides is 1. The zero-order chi connectivity index (χ0) is 22.1. The lowest BCUT2D eigenvalue weighted by atomic mass is 10.1. The Morgan fingerprint density at radius 1 is 1.45 bits per heavy atom. The fraction of sp³-hybridized carbons (Fsp3) is 0.350. The summed E-state index contributed by atoms with van der Waals surface area (Å²) in [5, 5.41) is 24.6. The Morgan fingerprint density at radius 2 is 2.26 bits per heavy atom. The van der Waals surface area contributed by atoms with Crippen LogP contribution in [0.15, 0.2) is 30.6 Å². The average Bonchev–Trinajstić information content (AvgIpc) is 3.33. The minimum atomic E-state index is -1.20. The molecule has 0 aliphatic carbocycles. The molecule has 31 heavy (non-hydrogen) atoms. The molecule has 0 fully saturated rings. The number of nitrogens with two attached hydrogens (primary N) is 1. The maximum atomic E-state index is 14.1. The first-order chi connectivity index (χ1) is 14.9. The summed E-state index contributed by atoms with van der Waals surface area (Å²) in [5.41, 5.74) is 7.96. The standard InChI is InChI=1S/C20H23FN6O4/c1-11(15-6-13(21)2-3-17(15)31-10-14(22)9-28)26-5-4-12-8-27-19(25-18(12)26)16(7-23-27)24-20(29)30/h2-3,6-8,11,14,24,28H,4-5,9-10,22H2,1H3,(H,29,30). The minimum Gasteiger partial charge on any atom is -0.492 e. The van der Waals surface area contributed by atoms with Gasteiger partial charge in [-0.2, -0.15) is 5.10 Å². The van der Waals surface area contributed by atoms with Crippen LogP contribution >= 0.6 is 0 Å². The third-order valence-corrected chi connectivity index (χ3v) is 5.26. The van der Waals surface area contributed by atoms with Gasteiger partial charge in [-0.3, -0.25) is 5.32 Å². The summed E-state index contributed by atoms with van der Waals surface area (Å²) in [4.78, 5) is 17.7. The molecular formula is C20H23FN6O4. The van der Waals surface area contributed by atoms with Gasteiger partial charge in [0, 0.05) is 23.9 Å². The van der Waals surface area contributed by atoms with Crippen LogP contribution in [0.3, 0.4) is 0 Å². The number of carbonyl (C=O) groups is 1. The number of rotatable bonds is 7. The number of hydrogen-bond acceptors (Lipinski definition) is 7. The third-order valence-electron chi connectivity index (χ3n) is 5.26. The lowest BCUT2D eigenvalue weighted by Crippen LogP contribution is -2.32. The molecule has 0 spiro atoms. The van der Waals surface area contributed by atoms with E-state index in [4.69, 9.17) is 20.7 Å². The fourth-order valence-electron chi connectivity index (χ4n) is 3.69. The summed E-state index contributed by atoms with van der Waals surface area (Å²) in [6.07, 6.45) is 2.73. The van der Waals surface area contributed by atoms with Crippen LogP contribution in [0.25, 0.3) is 5.65 Å². The number of aliphatic hydroxyl groups excluding tert-OH is 1. The number of nitrogens with one attached hydrogen (secondary N) is 1. The van der Waals surface area contributed by atoms with Crippen LogP contribution < -0.4 is 20.7 Å². The van der Waals surface area contributed by atoms with Crippen molar-refractivity contribution >= 4 is 23.2 Å². The van der Waals surface area contributed by atoms with E-state index in [0.29, 0.717) is 35.7 Å². The number of hydrogen-bond donors (Lipinski definition) is 4. The molecule has 11 heteroatoms. The number of fused-ring (bicyclic) bond motifs is 2. The molecule has 5 N–H and O–H groups in total. The van der Waals surface area contributed by atoms with Crippen LogP contribution in [-0.2, 0) is 6.42 Å². The predicted octanol–water partition coefficient (Wildman–Crippen LogP) is 1.78. The van der Waals surface area contributed by atoms with Crippen molar-refractivity contribution in [3.8, 4) is 5.75 Å². The van der Waals surface area contributed by atoms with Gasteiger partial charge in [-0.1, -0.05) is 0 Å². The third kappa shape index (κ3) is 4.09. The van der Waals surface area contributed by atoms with Crippen molar-refractivity contribution in [2.24, 2.45) is 5.73 Å². The van der Waals surface area contributed by atoms with Crippen LogP contribution in [0.5, 0.6) is 5.75 Å². The van der Waals surface area contributed by atoms with Gasteiger partial charge >= 0.3 is 6.09 Å². The molecule has 1 aliphatic rings. The first kappa shape index (κ1) is 20.8. The van der Waals surface area contributed by atoms with E-state index in [2.05, 4.69) is 15.4 Å². The van der Waals surface area contributed by atoms with Crippen LogP contribution in [0, 0.1) is 5.82 Å². The van der Waals surface area contributed by atoms with E-state index in [9.17, 15) is 9.18 Å². The van der Waals surface area contributed by atoms with Gasteiger partial charge in [0.05, 0.1) is 24.9 Å². The number of ether oxygens (including phenoxy) is 1. The van der Waals surface area contributed by atoms with Gasteiger partial charge in [-0.25, -0.2) is 18.7 Å². The summed E-state index contributed by atoms with van der Waals surface area (Å²) >= 11 is 0. The van der Waals surface area contributed by atoms with Crippen molar-refractivity contribution in [2.45, 2.75) is 25.4 Å². The summed E-state index contributed by atoms with van der Waals surface area (Å²) in [6.45, 7) is 2.44. The molecule has 1 aromatic carbocycles. The van der Waals surface area contributed by atoms with Crippen molar-refractivity contribution < 1.29 is 24.1 Å². The van der Waals surface area contributed by atoms with Crippen molar-refractivity contribution in [3.63, 3.8) is 0 Å². The van der Waals surface area contributed by atoms with E-state index < -0.39 is 18.0 Å². The Kier molecular flexibility index (Phi) is 5.61. The average molecular weight is 430 g/mol. The van der Waals surface area contributed by atoms with Gasteiger partial charge < -0.3 is 25.6 Å². The molecule has 4 rings (SSSR count). The molecule has 1 aliphatic heterocycles. The van der Waals surface area contributed by atoms with E-state index in [1.165, 1.54) is 22.8 Å². The summed E-state index contributed by atoms with van der Waals surface area (Å²) < 4.78 is 21.3. The zero-order valence-corrected chi connectivity index (χ0v) is 16.8. The van der Waals surface area contributed by atoms with Crippen molar-refractivity contribution in [1.29, 1.82) is 0 Å². The number of aromatic nitrogens is 3. The second-order valence-electron chi connectivity index (χ2n) is 7.40. The summed E-state index contributed by atoms with van der Waals surface area (Å²) in [6, 6.07) is 3.44. The molecule has 2 unspecified atom stereocenters. The predicted molar refractivity (Wildman–Crippen MR) is 111 cm³/mol. The van der Waals surface area contributed by atoms with Gasteiger partial charge in [-0.15, -0.1) is 0 Å². The molecule has 3 aromatic rings. The highest BCUT2D eigenvalue weighted by Gasteiger charge is 2.29.